The van der Waals surface area contributed by atoms with Gasteiger partial charge in [0.05, 0.1) is 22.6 Å². The smallest absolute Gasteiger partial charge is 0.273 e. The zero-order valence-corrected chi connectivity index (χ0v) is 29.4. The molecule has 0 heterocycles. The largest absolute Gasteiger partial charge is 0.497 e. The van der Waals surface area contributed by atoms with Crippen LogP contribution in [0.4, 0.5) is 11.4 Å². The summed E-state index contributed by atoms with van der Waals surface area (Å²) in [4.78, 5) is 41.0. The number of hydrogen-bond acceptors (Lipinski definition) is 7. The van der Waals surface area contributed by atoms with Crippen LogP contribution in [-0.4, -0.2) is 55.8 Å². The van der Waals surface area contributed by atoms with Crippen molar-refractivity contribution in [1.29, 1.82) is 0 Å². The van der Waals surface area contributed by atoms with E-state index in [1.807, 2.05) is 30.3 Å². The fraction of sp³-hybridized carbons (Fsp3) is 0.297. The number of nitrogens with one attached hydrogen (secondary N) is 1. The van der Waals surface area contributed by atoms with Gasteiger partial charge >= 0.3 is 0 Å². The van der Waals surface area contributed by atoms with Crippen LogP contribution >= 0.6 is 11.6 Å². The molecule has 0 bridgehead atoms. The molecule has 1 atom stereocenters. The van der Waals surface area contributed by atoms with Crippen LogP contribution in [0.3, 0.4) is 0 Å². The lowest BCUT2D eigenvalue weighted by molar-refractivity contribution is -0.385. The van der Waals surface area contributed by atoms with E-state index in [4.69, 9.17) is 16.3 Å². The monoisotopic (exact) mass is 718 g/mol. The number of rotatable bonds is 14. The van der Waals surface area contributed by atoms with Crippen LogP contribution in [-0.2, 0) is 32.6 Å². The second kappa shape index (κ2) is 16.2. The Kier molecular flexibility index (Phi) is 11.8. The van der Waals surface area contributed by atoms with Crippen molar-refractivity contribution in [2.24, 2.45) is 0 Å². The Hall–Kier alpha value is -4.94. The number of carbonyl (C=O) groups is 2. The number of carbonyl (C=O) groups excluding carboxylic acids is 2. The van der Waals surface area contributed by atoms with Gasteiger partial charge in [-0.3, -0.25) is 24.0 Å². The van der Waals surface area contributed by atoms with E-state index < -0.39 is 33.4 Å². The first-order chi connectivity index (χ1) is 24.0. The van der Waals surface area contributed by atoms with Crippen LogP contribution < -0.4 is 14.4 Å². The molecule has 1 unspecified atom stereocenters. The zero-order chi connectivity index (χ0) is 35.8. The molecular weight excluding hydrogens is 680 g/mol. The molecule has 50 heavy (non-hydrogen) atoms. The Bertz CT molecular complexity index is 1940. The van der Waals surface area contributed by atoms with E-state index in [-0.39, 0.29) is 46.7 Å². The maximum absolute atomic E-state index is 14.7. The van der Waals surface area contributed by atoms with E-state index in [1.54, 1.807) is 36.4 Å². The van der Waals surface area contributed by atoms with Gasteiger partial charge in [-0.2, -0.15) is 0 Å². The van der Waals surface area contributed by atoms with Gasteiger partial charge in [0.15, 0.2) is 0 Å². The van der Waals surface area contributed by atoms with Gasteiger partial charge in [0, 0.05) is 35.7 Å². The minimum Gasteiger partial charge on any atom is -0.497 e. The highest BCUT2D eigenvalue weighted by Crippen LogP contribution is 2.30. The Morgan fingerprint density at radius 3 is 2.28 bits per heavy atom. The molecule has 5 rings (SSSR count). The summed E-state index contributed by atoms with van der Waals surface area (Å²) >= 11 is 6.58. The molecule has 4 aromatic rings. The van der Waals surface area contributed by atoms with Gasteiger partial charge < -0.3 is 15.0 Å². The molecule has 0 radical (unpaired) electrons. The summed E-state index contributed by atoms with van der Waals surface area (Å²) in [6.07, 6.45) is 3.79. The van der Waals surface area contributed by atoms with Crippen molar-refractivity contribution in [3.05, 3.63) is 129 Å². The highest BCUT2D eigenvalue weighted by molar-refractivity contribution is 7.92. The van der Waals surface area contributed by atoms with E-state index in [1.165, 1.54) is 43.2 Å². The quantitative estimate of drug-likeness (QED) is 0.117. The number of nitrogens with zero attached hydrogens (tertiary/aromatic N) is 3. The standard InChI is InChI=1S/C37H39ClN4O7S/c1-26-16-21-32(23-34(26)42(45)46)50(47,48)41(30-17-19-31(49-2)20-18-30)25-36(43)40(24-28-12-6-9-15-33(28)38)35(22-27-10-4-3-5-11-27)37(44)39-29-13-7-8-14-29/h3-6,9-12,15-21,23,29,35H,7-8,13-14,22,24-25H2,1-2H3,(H,39,44). The number of hydrogen-bond donors (Lipinski definition) is 1. The average molecular weight is 719 g/mol. The Balaban J connectivity index is 1.60. The number of nitro groups is 1. The van der Waals surface area contributed by atoms with Crippen LogP contribution in [0.1, 0.15) is 42.4 Å². The molecule has 1 fully saturated rings. The number of nitro benzene ring substituents is 1. The molecule has 0 saturated heterocycles. The van der Waals surface area contributed by atoms with Gasteiger partial charge in [-0.25, -0.2) is 8.42 Å². The predicted molar refractivity (Wildman–Crippen MR) is 192 cm³/mol. The van der Waals surface area contributed by atoms with Crippen molar-refractivity contribution in [3.63, 3.8) is 0 Å². The molecule has 0 spiro atoms. The van der Waals surface area contributed by atoms with Crippen LogP contribution in [0.5, 0.6) is 5.75 Å². The summed E-state index contributed by atoms with van der Waals surface area (Å²) in [5.41, 5.74) is 1.41. The fourth-order valence-electron chi connectivity index (χ4n) is 6.08. The second-order valence-electron chi connectivity index (χ2n) is 12.2. The van der Waals surface area contributed by atoms with Crippen molar-refractivity contribution in [1.82, 2.24) is 10.2 Å². The van der Waals surface area contributed by atoms with Crippen molar-refractivity contribution in [2.45, 2.75) is 62.6 Å². The SMILES string of the molecule is COc1ccc(N(CC(=O)N(Cc2ccccc2Cl)C(Cc2ccccc2)C(=O)NC2CCCC2)S(=O)(=O)c2ccc(C)c([N+](=O)[O-])c2)cc1. The third kappa shape index (κ3) is 8.61. The first-order valence-electron chi connectivity index (χ1n) is 16.3. The molecule has 262 valence electrons. The van der Waals surface area contributed by atoms with Gasteiger partial charge in [0.1, 0.15) is 18.3 Å². The molecule has 1 N–H and O–H groups in total. The summed E-state index contributed by atoms with van der Waals surface area (Å²) < 4.78 is 34.9. The number of halogens is 1. The normalized spacial score (nSPS) is 13.7. The summed E-state index contributed by atoms with van der Waals surface area (Å²) in [7, 11) is -3.10. The molecule has 1 saturated carbocycles. The highest BCUT2D eigenvalue weighted by Gasteiger charge is 2.36. The molecule has 0 aromatic heterocycles. The average Bonchev–Trinajstić information content (AvgIpc) is 3.62. The first-order valence-corrected chi connectivity index (χ1v) is 18.1. The number of methoxy groups -OCH3 is 1. The minimum atomic E-state index is -4.57. The third-order valence-electron chi connectivity index (χ3n) is 8.88. The first kappa shape index (κ1) is 36.3. The summed E-state index contributed by atoms with van der Waals surface area (Å²) in [5, 5.41) is 15.3. The molecule has 1 aliphatic rings. The van der Waals surface area contributed by atoms with E-state index in [9.17, 15) is 28.1 Å². The molecule has 1 aliphatic carbocycles. The van der Waals surface area contributed by atoms with Crippen molar-refractivity contribution in [3.8, 4) is 5.75 Å². The number of aryl methyl sites for hydroxylation is 1. The highest BCUT2D eigenvalue weighted by atomic mass is 35.5. The lowest BCUT2D eigenvalue weighted by Crippen LogP contribution is -2.54. The second-order valence-corrected chi connectivity index (χ2v) is 14.5. The molecule has 11 nitrogen and oxygen atoms in total. The zero-order valence-electron chi connectivity index (χ0n) is 27.8. The summed E-state index contributed by atoms with van der Waals surface area (Å²) in [6.45, 7) is 0.707. The van der Waals surface area contributed by atoms with Crippen molar-refractivity contribution < 1.29 is 27.7 Å². The van der Waals surface area contributed by atoms with Crippen LogP contribution in [0.2, 0.25) is 5.02 Å². The Labute approximate surface area is 297 Å². The maximum Gasteiger partial charge on any atom is 0.273 e. The lowest BCUT2D eigenvalue weighted by Gasteiger charge is -2.34. The van der Waals surface area contributed by atoms with E-state index >= 15 is 0 Å². The van der Waals surface area contributed by atoms with Crippen molar-refractivity contribution in [2.75, 3.05) is 18.0 Å². The molecule has 0 aliphatic heterocycles. The van der Waals surface area contributed by atoms with Crippen molar-refractivity contribution >= 4 is 44.8 Å². The molecule has 13 heteroatoms. The Morgan fingerprint density at radius 1 is 0.980 bits per heavy atom. The van der Waals surface area contributed by atoms with Gasteiger partial charge in [0.2, 0.25) is 11.8 Å². The summed E-state index contributed by atoms with van der Waals surface area (Å²) in [5.74, 6) is -0.571. The minimum absolute atomic E-state index is 0.0356. The number of anilines is 1. The molecular formula is C37H39ClN4O7S. The van der Waals surface area contributed by atoms with Crippen LogP contribution in [0.15, 0.2) is 102 Å². The van der Waals surface area contributed by atoms with Gasteiger partial charge in [0.25, 0.3) is 15.7 Å². The fourth-order valence-corrected chi connectivity index (χ4v) is 7.71. The summed E-state index contributed by atoms with van der Waals surface area (Å²) in [6, 6.07) is 24.9. The van der Waals surface area contributed by atoms with Gasteiger partial charge in [-0.1, -0.05) is 79.0 Å². The van der Waals surface area contributed by atoms with Crippen LogP contribution in [0, 0.1) is 17.0 Å². The molecule has 4 aromatic carbocycles. The topological polar surface area (TPSA) is 139 Å². The van der Waals surface area contributed by atoms with E-state index in [0.717, 1.165) is 41.6 Å². The lowest BCUT2D eigenvalue weighted by atomic mass is 10.0. The van der Waals surface area contributed by atoms with Gasteiger partial charge in [-0.15, -0.1) is 0 Å². The van der Waals surface area contributed by atoms with Gasteiger partial charge in [-0.05, 0) is 67.3 Å². The predicted octanol–water partition coefficient (Wildman–Crippen LogP) is 6.46. The third-order valence-corrected chi connectivity index (χ3v) is 11.0. The Morgan fingerprint density at radius 2 is 1.64 bits per heavy atom. The maximum atomic E-state index is 14.7. The number of sulfonamides is 1. The van der Waals surface area contributed by atoms with E-state index in [2.05, 4.69) is 5.32 Å². The molecule has 2 amide bonds. The number of benzene rings is 4. The van der Waals surface area contributed by atoms with E-state index in [0.29, 0.717) is 16.3 Å². The number of ether oxygens (including phenoxy) is 1. The van der Waals surface area contributed by atoms with Crippen LogP contribution in [0.25, 0.3) is 0 Å². The number of amides is 2.